The normalized spacial score (nSPS) is 12.6. The fraction of sp³-hybridized carbons (Fsp3) is 0.355. The summed E-state index contributed by atoms with van der Waals surface area (Å²) in [5.74, 6) is 0.409. The summed E-state index contributed by atoms with van der Waals surface area (Å²) in [7, 11) is -1.05. The highest BCUT2D eigenvalue weighted by Crippen LogP contribution is 2.27. The molecule has 41 heavy (non-hydrogen) atoms. The Morgan fingerprint density at radius 2 is 1.39 bits per heavy atom. The summed E-state index contributed by atoms with van der Waals surface area (Å²) in [4.78, 5) is 29.0. The number of hydrogen-bond acceptors (Lipinski definition) is 6. The van der Waals surface area contributed by atoms with Gasteiger partial charge in [-0.1, -0.05) is 44.2 Å². The lowest BCUT2D eigenvalue weighted by atomic mass is 10.1. The number of carbonyl (C=O) groups excluding carboxylic acids is 2. The molecule has 0 heterocycles. The van der Waals surface area contributed by atoms with Crippen LogP contribution in [0.5, 0.6) is 11.5 Å². The molecule has 220 valence electrons. The van der Waals surface area contributed by atoms with E-state index >= 15 is 0 Å². The van der Waals surface area contributed by atoms with Crippen LogP contribution in [0, 0.1) is 0 Å². The maximum Gasteiger partial charge on any atom is 0.264 e. The largest absolute Gasteiger partial charge is 0.497 e. The first kappa shape index (κ1) is 31.5. The van der Waals surface area contributed by atoms with Crippen molar-refractivity contribution in [2.45, 2.75) is 57.1 Å². The molecule has 0 aliphatic heterocycles. The molecule has 0 fully saturated rings. The maximum absolute atomic E-state index is 14.1. The maximum atomic E-state index is 14.1. The number of rotatable bonds is 14. The molecule has 9 nitrogen and oxygen atoms in total. The minimum Gasteiger partial charge on any atom is -0.497 e. The van der Waals surface area contributed by atoms with Gasteiger partial charge >= 0.3 is 0 Å². The zero-order valence-electron chi connectivity index (χ0n) is 24.2. The van der Waals surface area contributed by atoms with Crippen LogP contribution in [0.1, 0.15) is 39.2 Å². The Morgan fingerprint density at radius 3 is 1.90 bits per heavy atom. The van der Waals surface area contributed by atoms with Gasteiger partial charge in [0.2, 0.25) is 11.8 Å². The van der Waals surface area contributed by atoms with Gasteiger partial charge in [-0.05, 0) is 73.9 Å². The minimum absolute atomic E-state index is 0.0480. The van der Waals surface area contributed by atoms with Gasteiger partial charge < -0.3 is 19.7 Å². The number of benzene rings is 3. The average molecular weight is 582 g/mol. The quantitative estimate of drug-likeness (QED) is 0.298. The van der Waals surface area contributed by atoms with Gasteiger partial charge in [-0.2, -0.15) is 0 Å². The first-order valence-electron chi connectivity index (χ1n) is 13.6. The van der Waals surface area contributed by atoms with E-state index in [0.717, 1.165) is 16.3 Å². The van der Waals surface area contributed by atoms with Crippen LogP contribution < -0.4 is 19.1 Å². The Labute approximate surface area is 243 Å². The number of anilines is 1. The van der Waals surface area contributed by atoms with E-state index < -0.39 is 28.5 Å². The van der Waals surface area contributed by atoms with Crippen LogP contribution in [-0.4, -0.2) is 58.0 Å². The number of ether oxygens (including phenoxy) is 2. The summed E-state index contributed by atoms with van der Waals surface area (Å²) in [5, 5.41) is 2.98. The van der Waals surface area contributed by atoms with Crippen LogP contribution in [0.25, 0.3) is 0 Å². The molecule has 1 N–H and O–H groups in total. The first-order valence-corrected chi connectivity index (χ1v) is 15.0. The lowest BCUT2D eigenvalue weighted by Crippen LogP contribution is -2.53. The van der Waals surface area contributed by atoms with Gasteiger partial charge in [-0.25, -0.2) is 8.42 Å². The average Bonchev–Trinajstić information content (AvgIpc) is 3.00. The van der Waals surface area contributed by atoms with Gasteiger partial charge in [0.25, 0.3) is 10.0 Å². The highest BCUT2D eigenvalue weighted by atomic mass is 32.2. The van der Waals surface area contributed by atoms with Crippen molar-refractivity contribution in [1.29, 1.82) is 0 Å². The monoisotopic (exact) mass is 581 g/mol. The molecule has 3 rings (SSSR count). The molecule has 0 aliphatic rings. The predicted molar refractivity (Wildman–Crippen MR) is 159 cm³/mol. The first-order chi connectivity index (χ1) is 19.6. The summed E-state index contributed by atoms with van der Waals surface area (Å²) in [6.45, 7) is 5.30. The van der Waals surface area contributed by atoms with Gasteiger partial charge in [0, 0.05) is 12.6 Å². The van der Waals surface area contributed by atoms with Gasteiger partial charge in [0.15, 0.2) is 0 Å². The molecule has 3 aromatic rings. The number of nitrogens with one attached hydrogen (secondary N) is 1. The Balaban J connectivity index is 2.04. The van der Waals surface area contributed by atoms with Crippen molar-refractivity contribution in [1.82, 2.24) is 10.2 Å². The van der Waals surface area contributed by atoms with Crippen LogP contribution in [0.4, 0.5) is 5.69 Å². The molecular formula is C31H39N3O6S. The van der Waals surface area contributed by atoms with E-state index in [9.17, 15) is 18.0 Å². The third-order valence-corrected chi connectivity index (χ3v) is 8.66. The molecule has 2 amide bonds. The summed E-state index contributed by atoms with van der Waals surface area (Å²) in [5.41, 5.74) is 1.07. The number of amides is 2. The second-order valence-corrected chi connectivity index (χ2v) is 11.5. The van der Waals surface area contributed by atoms with Gasteiger partial charge in [-0.3, -0.25) is 13.9 Å². The van der Waals surface area contributed by atoms with E-state index in [0.29, 0.717) is 23.6 Å². The lowest BCUT2D eigenvalue weighted by Gasteiger charge is -2.33. The van der Waals surface area contributed by atoms with Crippen LogP contribution in [0.3, 0.4) is 0 Å². The number of sulfonamides is 1. The van der Waals surface area contributed by atoms with Crippen LogP contribution in [0.15, 0.2) is 83.8 Å². The summed E-state index contributed by atoms with van der Waals surface area (Å²) in [6.07, 6.45) is 1.08. The Morgan fingerprint density at radius 1 is 0.829 bits per heavy atom. The molecular weight excluding hydrogens is 542 g/mol. The third kappa shape index (κ3) is 8.00. The molecule has 2 atom stereocenters. The highest BCUT2D eigenvalue weighted by Gasteiger charge is 2.34. The van der Waals surface area contributed by atoms with Gasteiger partial charge in [0.1, 0.15) is 24.1 Å². The van der Waals surface area contributed by atoms with Crippen LogP contribution in [-0.2, 0) is 26.2 Å². The minimum atomic E-state index is -4.13. The van der Waals surface area contributed by atoms with E-state index in [1.165, 1.54) is 24.1 Å². The molecule has 0 aliphatic carbocycles. The Bertz CT molecular complexity index is 1380. The van der Waals surface area contributed by atoms with Crippen molar-refractivity contribution in [3.8, 4) is 11.5 Å². The molecule has 0 unspecified atom stereocenters. The molecule has 0 bridgehead atoms. The van der Waals surface area contributed by atoms with E-state index in [1.807, 2.05) is 32.9 Å². The second-order valence-electron chi connectivity index (χ2n) is 9.63. The molecule has 0 aromatic heterocycles. The van der Waals surface area contributed by atoms with Gasteiger partial charge in [0.05, 0.1) is 24.8 Å². The zero-order chi connectivity index (χ0) is 30.0. The third-order valence-electron chi connectivity index (χ3n) is 6.87. The van der Waals surface area contributed by atoms with E-state index in [2.05, 4.69) is 5.32 Å². The lowest BCUT2D eigenvalue weighted by molar-refractivity contribution is -0.140. The van der Waals surface area contributed by atoms with Crippen molar-refractivity contribution in [3.05, 3.63) is 84.4 Å². The van der Waals surface area contributed by atoms with Crippen molar-refractivity contribution < 1.29 is 27.5 Å². The summed E-state index contributed by atoms with van der Waals surface area (Å²) < 4.78 is 39.3. The van der Waals surface area contributed by atoms with E-state index in [-0.39, 0.29) is 23.4 Å². The van der Waals surface area contributed by atoms with Crippen LogP contribution >= 0.6 is 0 Å². The van der Waals surface area contributed by atoms with Crippen molar-refractivity contribution >= 4 is 27.5 Å². The zero-order valence-corrected chi connectivity index (χ0v) is 25.1. The Kier molecular flexibility index (Phi) is 11.2. The van der Waals surface area contributed by atoms with E-state index in [4.69, 9.17) is 9.47 Å². The Hall–Kier alpha value is -4.05. The number of methoxy groups -OCH3 is 2. The second kappa shape index (κ2) is 14.5. The van der Waals surface area contributed by atoms with Crippen molar-refractivity contribution in [3.63, 3.8) is 0 Å². The van der Waals surface area contributed by atoms with Crippen molar-refractivity contribution in [2.75, 3.05) is 25.1 Å². The summed E-state index contributed by atoms with van der Waals surface area (Å²) in [6, 6.07) is 20.7. The fourth-order valence-corrected chi connectivity index (χ4v) is 5.72. The number of nitrogens with zero attached hydrogens (tertiary/aromatic N) is 2. The predicted octanol–water partition coefficient (Wildman–Crippen LogP) is 4.62. The molecule has 0 radical (unpaired) electrons. The fourth-order valence-electron chi connectivity index (χ4n) is 4.29. The molecule has 0 spiro atoms. The topological polar surface area (TPSA) is 105 Å². The summed E-state index contributed by atoms with van der Waals surface area (Å²) >= 11 is 0. The molecule has 10 heteroatoms. The molecule has 0 saturated carbocycles. The SMILES string of the molecule is CC[C@@H](C)NC(=O)[C@@H](CC)N(Cc1ccc(OC)cc1)C(=O)CN(c1ccc(OC)cc1)S(=O)(=O)c1ccccc1. The number of hydrogen-bond donors (Lipinski definition) is 1. The van der Waals surface area contributed by atoms with E-state index in [1.54, 1.807) is 61.7 Å². The highest BCUT2D eigenvalue weighted by molar-refractivity contribution is 7.92. The number of carbonyl (C=O) groups is 2. The smallest absolute Gasteiger partial charge is 0.264 e. The van der Waals surface area contributed by atoms with Gasteiger partial charge in [-0.15, -0.1) is 0 Å². The van der Waals surface area contributed by atoms with Crippen LogP contribution in [0.2, 0.25) is 0 Å². The van der Waals surface area contributed by atoms with Crippen molar-refractivity contribution in [2.24, 2.45) is 0 Å². The molecule has 3 aromatic carbocycles. The standard InChI is InChI=1S/C31H39N3O6S/c1-6-23(3)32-31(36)29(7-2)33(21-24-13-17-26(39-4)18-14-24)30(35)22-34(25-15-19-27(40-5)20-16-25)41(37,38)28-11-9-8-10-12-28/h8-20,23,29H,6-7,21-22H2,1-5H3,(H,32,36)/t23-,29-/m1/s1. The molecule has 0 saturated heterocycles.